The van der Waals surface area contributed by atoms with E-state index >= 15 is 0 Å². The van der Waals surface area contributed by atoms with Gasteiger partial charge in [-0.2, -0.15) is 0 Å². The Hall–Kier alpha value is -0.900. The average molecular weight is 170 g/mol. The summed E-state index contributed by atoms with van der Waals surface area (Å²) in [7, 11) is 0. The van der Waals surface area contributed by atoms with Crippen LogP contribution in [0.15, 0.2) is 0 Å². The molecule has 2 N–H and O–H groups in total. The molecule has 1 fully saturated rings. The summed E-state index contributed by atoms with van der Waals surface area (Å²) < 4.78 is 0. The molecule has 0 aromatic rings. The number of primary amides is 1. The fraction of sp³-hybridized carbons (Fsp3) is 0.750. The summed E-state index contributed by atoms with van der Waals surface area (Å²) in [6.45, 7) is 1.02. The van der Waals surface area contributed by atoms with Gasteiger partial charge in [0.1, 0.15) is 6.29 Å². The number of amides is 1. The molecule has 4 nitrogen and oxygen atoms in total. The standard InChI is InChI=1S/C8H14N2O2/c9-8(12)5-10-4-2-1-3-7(10)6-11/h6-7H,1-5H2,(H2,9,12). The highest BCUT2D eigenvalue weighted by Gasteiger charge is 2.22. The number of carbonyl (C=O) groups excluding carboxylic acids is 2. The Kier molecular flexibility index (Phi) is 3.22. The van der Waals surface area contributed by atoms with E-state index in [1.54, 1.807) is 0 Å². The predicted octanol–water partition coefficient (Wildman–Crippen LogP) is -0.475. The second kappa shape index (κ2) is 4.21. The third-order valence-corrected chi connectivity index (χ3v) is 2.18. The van der Waals surface area contributed by atoms with Gasteiger partial charge in [-0.25, -0.2) is 0 Å². The van der Waals surface area contributed by atoms with Crippen LogP contribution in [0.4, 0.5) is 0 Å². The molecule has 0 aliphatic carbocycles. The topological polar surface area (TPSA) is 63.4 Å². The molecule has 68 valence electrons. The molecule has 0 saturated carbocycles. The van der Waals surface area contributed by atoms with Crippen LogP contribution in [0.1, 0.15) is 19.3 Å². The summed E-state index contributed by atoms with van der Waals surface area (Å²) in [6.07, 6.45) is 3.88. The first-order valence-corrected chi connectivity index (χ1v) is 4.21. The van der Waals surface area contributed by atoms with Gasteiger partial charge in [0.15, 0.2) is 0 Å². The van der Waals surface area contributed by atoms with Crippen LogP contribution >= 0.6 is 0 Å². The zero-order chi connectivity index (χ0) is 8.97. The van der Waals surface area contributed by atoms with Crippen molar-refractivity contribution in [2.45, 2.75) is 25.3 Å². The van der Waals surface area contributed by atoms with Crippen molar-refractivity contribution in [3.8, 4) is 0 Å². The van der Waals surface area contributed by atoms with Gasteiger partial charge in [-0.3, -0.25) is 9.69 Å². The van der Waals surface area contributed by atoms with E-state index in [9.17, 15) is 9.59 Å². The fourth-order valence-electron chi connectivity index (χ4n) is 1.57. The van der Waals surface area contributed by atoms with Crippen molar-refractivity contribution < 1.29 is 9.59 Å². The number of nitrogens with zero attached hydrogens (tertiary/aromatic N) is 1. The van der Waals surface area contributed by atoms with Crippen molar-refractivity contribution in [1.29, 1.82) is 0 Å². The van der Waals surface area contributed by atoms with Crippen molar-refractivity contribution in [2.75, 3.05) is 13.1 Å². The second-order valence-electron chi connectivity index (χ2n) is 3.14. The monoisotopic (exact) mass is 170 g/mol. The molecule has 1 atom stereocenters. The van der Waals surface area contributed by atoms with Crippen molar-refractivity contribution >= 4 is 12.2 Å². The minimum absolute atomic E-state index is 0.0914. The molecule has 0 bridgehead atoms. The molecular weight excluding hydrogens is 156 g/mol. The Morgan fingerprint density at radius 3 is 2.92 bits per heavy atom. The van der Waals surface area contributed by atoms with E-state index < -0.39 is 0 Å². The van der Waals surface area contributed by atoms with Gasteiger partial charge >= 0.3 is 0 Å². The van der Waals surface area contributed by atoms with E-state index in [1.807, 2.05) is 4.90 Å². The summed E-state index contributed by atoms with van der Waals surface area (Å²) in [5, 5.41) is 0. The van der Waals surface area contributed by atoms with Gasteiger partial charge in [0, 0.05) is 0 Å². The fourth-order valence-corrected chi connectivity index (χ4v) is 1.57. The lowest BCUT2D eigenvalue weighted by molar-refractivity contribution is -0.121. The van der Waals surface area contributed by atoms with Crippen molar-refractivity contribution in [2.24, 2.45) is 5.73 Å². The van der Waals surface area contributed by atoms with Crippen molar-refractivity contribution in [1.82, 2.24) is 4.90 Å². The van der Waals surface area contributed by atoms with Crippen LogP contribution < -0.4 is 5.73 Å². The number of rotatable bonds is 3. The highest BCUT2D eigenvalue weighted by molar-refractivity contribution is 5.76. The molecule has 1 unspecified atom stereocenters. The number of hydrogen-bond donors (Lipinski definition) is 1. The lowest BCUT2D eigenvalue weighted by Crippen LogP contribution is -2.45. The number of hydrogen-bond acceptors (Lipinski definition) is 3. The van der Waals surface area contributed by atoms with Crippen LogP contribution in [-0.2, 0) is 9.59 Å². The van der Waals surface area contributed by atoms with Gasteiger partial charge in [-0.05, 0) is 19.4 Å². The Morgan fingerprint density at radius 2 is 2.33 bits per heavy atom. The van der Waals surface area contributed by atoms with E-state index in [0.717, 1.165) is 32.1 Å². The first-order chi connectivity index (χ1) is 5.74. The van der Waals surface area contributed by atoms with Gasteiger partial charge in [0.25, 0.3) is 0 Å². The van der Waals surface area contributed by atoms with E-state index in [1.165, 1.54) is 0 Å². The SMILES string of the molecule is NC(=O)CN1CCCCC1C=O. The second-order valence-corrected chi connectivity index (χ2v) is 3.14. The highest BCUT2D eigenvalue weighted by atomic mass is 16.1. The number of aldehydes is 1. The Balaban J connectivity index is 2.46. The molecule has 1 rings (SSSR count). The molecular formula is C8H14N2O2. The van der Waals surface area contributed by atoms with Gasteiger partial charge in [-0.1, -0.05) is 6.42 Å². The normalized spacial score (nSPS) is 25.2. The van der Waals surface area contributed by atoms with Gasteiger partial charge in [0.2, 0.25) is 5.91 Å². The van der Waals surface area contributed by atoms with Crippen LogP contribution in [0.3, 0.4) is 0 Å². The largest absolute Gasteiger partial charge is 0.369 e. The molecule has 0 radical (unpaired) electrons. The van der Waals surface area contributed by atoms with Crippen LogP contribution in [-0.4, -0.2) is 36.2 Å². The van der Waals surface area contributed by atoms with Crippen molar-refractivity contribution in [3.63, 3.8) is 0 Å². The quantitative estimate of drug-likeness (QED) is 0.582. The van der Waals surface area contributed by atoms with Crippen molar-refractivity contribution in [3.05, 3.63) is 0 Å². The number of piperidine rings is 1. The van der Waals surface area contributed by atoms with Crippen LogP contribution in [0, 0.1) is 0 Å². The molecule has 12 heavy (non-hydrogen) atoms. The van der Waals surface area contributed by atoms with Gasteiger partial charge in [0.05, 0.1) is 12.6 Å². The zero-order valence-corrected chi connectivity index (χ0v) is 7.03. The summed E-state index contributed by atoms with van der Waals surface area (Å²) in [5.74, 6) is -0.358. The number of carbonyl (C=O) groups is 2. The summed E-state index contributed by atoms with van der Waals surface area (Å²) in [6, 6.07) is -0.0914. The minimum Gasteiger partial charge on any atom is -0.369 e. The first kappa shape index (κ1) is 9.19. The maximum atomic E-state index is 10.6. The maximum absolute atomic E-state index is 10.6. The molecule has 1 aliphatic rings. The molecule has 0 spiro atoms. The lowest BCUT2D eigenvalue weighted by Gasteiger charge is -2.30. The van der Waals surface area contributed by atoms with E-state index in [-0.39, 0.29) is 18.5 Å². The highest BCUT2D eigenvalue weighted by Crippen LogP contribution is 2.14. The molecule has 1 heterocycles. The molecule has 0 aromatic heterocycles. The Morgan fingerprint density at radius 1 is 1.58 bits per heavy atom. The summed E-state index contributed by atoms with van der Waals surface area (Å²) >= 11 is 0. The Labute approximate surface area is 71.7 Å². The predicted molar refractivity (Wildman–Crippen MR) is 44.5 cm³/mol. The third kappa shape index (κ3) is 2.30. The summed E-state index contributed by atoms with van der Waals surface area (Å²) in [5.41, 5.74) is 5.04. The van der Waals surface area contributed by atoms with Crippen LogP contribution in [0.2, 0.25) is 0 Å². The molecule has 0 aromatic carbocycles. The smallest absolute Gasteiger partial charge is 0.231 e. The number of likely N-dealkylation sites (tertiary alicyclic amines) is 1. The van der Waals surface area contributed by atoms with Gasteiger partial charge in [-0.15, -0.1) is 0 Å². The average Bonchev–Trinajstić information content (AvgIpc) is 2.04. The molecule has 1 saturated heterocycles. The van der Waals surface area contributed by atoms with Crippen LogP contribution in [0.5, 0.6) is 0 Å². The van der Waals surface area contributed by atoms with Crippen LogP contribution in [0.25, 0.3) is 0 Å². The zero-order valence-electron chi connectivity index (χ0n) is 7.03. The maximum Gasteiger partial charge on any atom is 0.231 e. The van der Waals surface area contributed by atoms with E-state index in [4.69, 9.17) is 5.73 Å². The van der Waals surface area contributed by atoms with E-state index in [0.29, 0.717) is 0 Å². The third-order valence-electron chi connectivity index (χ3n) is 2.18. The Bertz CT molecular complexity index is 182. The molecule has 1 aliphatic heterocycles. The van der Waals surface area contributed by atoms with E-state index in [2.05, 4.69) is 0 Å². The molecule has 1 amide bonds. The number of nitrogens with two attached hydrogens (primary N) is 1. The lowest BCUT2D eigenvalue weighted by atomic mass is 10.0. The first-order valence-electron chi connectivity index (χ1n) is 4.21. The minimum atomic E-state index is -0.358. The summed E-state index contributed by atoms with van der Waals surface area (Å²) in [4.78, 5) is 23.0. The van der Waals surface area contributed by atoms with Gasteiger partial charge < -0.3 is 10.5 Å². The molecule has 4 heteroatoms.